The van der Waals surface area contributed by atoms with Crippen LogP contribution in [0.5, 0.6) is 0 Å². The van der Waals surface area contributed by atoms with Gasteiger partial charge < -0.3 is 5.73 Å². The Morgan fingerprint density at radius 3 is 2.33 bits per heavy atom. The van der Waals surface area contributed by atoms with Gasteiger partial charge in [0.15, 0.2) is 0 Å². The Hall–Kier alpha value is -0.970. The molecule has 4 heteroatoms. The quantitative estimate of drug-likeness (QED) is 0.851. The van der Waals surface area contributed by atoms with Gasteiger partial charge in [-0.1, -0.05) is 30.0 Å². The lowest BCUT2D eigenvalue weighted by Gasteiger charge is -2.11. The van der Waals surface area contributed by atoms with Gasteiger partial charge in [-0.05, 0) is 36.1 Å². The molecule has 2 rings (SSSR count). The molecular weight excluding hydrogens is 265 g/mol. The van der Waals surface area contributed by atoms with E-state index in [9.17, 15) is 4.39 Å². The summed E-state index contributed by atoms with van der Waals surface area (Å²) in [7, 11) is 0. The van der Waals surface area contributed by atoms with E-state index in [0.717, 1.165) is 15.4 Å². The molecule has 0 aliphatic rings. The van der Waals surface area contributed by atoms with Crippen LogP contribution in [0.15, 0.2) is 57.2 Å². The summed E-state index contributed by atoms with van der Waals surface area (Å²) in [4.78, 5) is 2.80. The number of thioether (sulfide) groups is 1. The van der Waals surface area contributed by atoms with Crippen molar-refractivity contribution >= 4 is 23.5 Å². The van der Waals surface area contributed by atoms with Crippen molar-refractivity contribution in [2.24, 2.45) is 5.73 Å². The van der Waals surface area contributed by atoms with Crippen molar-refractivity contribution in [2.45, 2.75) is 21.2 Å². The van der Waals surface area contributed by atoms with E-state index in [1.807, 2.05) is 30.5 Å². The minimum atomic E-state index is -0.194. The van der Waals surface area contributed by atoms with Gasteiger partial charge in [-0.2, -0.15) is 0 Å². The summed E-state index contributed by atoms with van der Waals surface area (Å²) in [5, 5.41) is 0. The van der Waals surface area contributed by atoms with Crippen LogP contribution in [0.4, 0.5) is 4.39 Å². The molecule has 94 valence electrons. The van der Waals surface area contributed by atoms with Gasteiger partial charge in [0.05, 0.1) is 0 Å². The smallest absolute Gasteiger partial charge is 0.137 e. The molecule has 0 atom stereocenters. The predicted octanol–water partition coefficient (Wildman–Crippen LogP) is 4.16. The van der Waals surface area contributed by atoms with Crippen molar-refractivity contribution in [3.8, 4) is 0 Å². The van der Waals surface area contributed by atoms with Crippen LogP contribution in [0.3, 0.4) is 0 Å². The maximum atomic E-state index is 13.6. The summed E-state index contributed by atoms with van der Waals surface area (Å²) < 4.78 is 13.6. The van der Waals surface area contributed by atoms with Gasteiger partial charge in [0, 0.05) is 21.2 Å². The van der Waals surface area contributed by atoms with Crippen molar-refractivity contribution in [3.05, 3.63) is 53.8 Å². The molecule has 0 unspecified atom stereocenters. The summed E-state index contributed by atoms with van der Waals surface area (Å²) in [6.07, 6.45) is 2.02. The lowest BCUT2D eigenvalue weighted by Crippen LogP contribution is -2.00. The van der Waals surface area contributed by atoms with E-state index in [1.165, 1.54) is 17.8 Å². The van der Waals surface area contributed by atoms with Crippen LogP contribution in [0.25, 0.3) is 0 Å². The molecule has 0 fully saturated rings. The van der Waals surface area contributed by atoms with Gasteiger partial charge in [-0.25, -0.2) is 4.39 Å². The first-order valence-corrected chi connectivity index (χ1v) is 7.58. The molecule has 0 saturated heterocycles. The summed E-state index contributed by atoms with van der Waals surface area (Å²) in [5.41, 5.74) is 6.88. The maximum Gasteiger partial charge on any atom is 0.137 e. The van der Waals surface area contributed by atoms with Gasteiger partial charge in [-0.15, -0.1) is 11.8 Å². The standard InChI is InChI=1S/C14H14FNS2/c1-17-12-7-4-8-13(10(12)9-16)18-14-6-3-2-5-11(14)15/h2-8H,9,16H2,1H3. The van der Waals surface area contributed by atoms with Crippen molar-refractivity contribution in [2.75, 3.05) is 6.26 Å². The lowest BCUT2D eigenvalue weighted by molar-refractivity contribution is 0.602. The van der Waals surface area contributed by atoms with Gasteiger partial charge >= 0.3 is 0 Å². The Balaban J connectivity index is 2.37. The molecule has 0 amide bonds. The van der Waals surface area contributed by atoms with Gasteiger partial charge in [-0.3, -0.25) is 0 Å². The van der Waals surface area contributed by atoms with E-state index in [4.69, 9.17) is 5.73 Å². The highest BCUT2D eigenvalue weighted by Gasteiger charge is 2.09. The predicted molar refractivity (Wildman–Crippen MR) is 76.6 cm³/mol. The van der Waals surface area contributed by atoms with Crippen LogP contribution in [-0.4, -0.2) is 6.26 Å². The van der Waals surface area contributed by atoms with E-state index >= 15 is 0 Å². The molecule has 0 aliphatic carbocycles. The van der Waals surface area contributed by atoms with E-state index < -0.39 is 0 Å². The Morgan fingerprint density at radius 2 is 1.67 bits per heavy atom. The highest BCUT2D eigenvalue weighted by Crippen LogP contribution is 2.35. The molecule has 0 spiro atoms. The second-order valence-electron chi connectivity index (χ2n) is 3.67. The SMILES string of the molecule is CSc1cccc(Sc2ccccc2F)c1CN. The van der Waals surface area contributed by atoms with Crippen LogP contribution in [-0.2, 0) is 6.54 Å². The van der Waals surface area contributed by atoms with Crippen molar-refractivity contribution in [3.63, 3.8) is 0 Å². The van der Waals surface area contributed by atoms with E-state index in [1.54, 1.807) is 23.9 Å². The zero-order valence-corrected chi connectivity index (χ0v) is 11.7. The zero-order chi connectivity index (χ0) is 13.0. The fourth-order valence-electron chi connectivity index (χ4n) is 1.68. The number of hydrogen-bond acceptors (Lipinski definition) is 3. The Bertz CT molecular complexity index is 543. The molecule has 1 nitrogen and oxygen atoms in total. The summed E-state index contributed by atoms with van der Waals surface area (Å²) in [6.45, 7) is 0.466. The molecule has 0 aliphatic heterocycles. The first-order chi connectivity index (χ1) is 8.76. The van der Waals surface area contributed by atoms with Crippen LogP contribution in [0.2, 0.25) is 0 Å². The maximum absolute atomic E-state index is 13.6. The van der Waals surface area contributed by atoms with Crippen molar-refractivity contribution in [1.29, 1.82) is 0 Å². The number of nitrogens with two attached hydrogens (primary N) is 1. The number of hydrogen-bond donors (Lipinski definition) is 1. The molecule has 0 bridgehead atoms. The Morgan fingerprint density at radius 1 is 1.00 bits per heavy atom. The fourth-order valence-corrected chi connectivity index (χ4v) is 3.41. The van der Waals surface area contributed by atoms with Crippen molar-refractivity contribution in [1.82, 2.24) is 0 Å². The molecule has 18 heavy (non-hydrogen) atoms. The molecule has 0 radical (unpaired) electrons. The minimum absolute atomic E-state index is 0.194. The lowest BCUT2D eigenvalue weighted by atomic mass is 10.2. The number of benzene rings is 2. The molecule has 0 saturated carbocycles. The largest absolute Gasteiger partial charge is 0.326 e. The normalized spacial score (nSPS) is 10.6. The second kappa shape index (κ2) is 6.27. The third-order valence-corrected chi connectivity index (χ3v) is 4.55. The molecule has 0 aromatic heterocycles. The van der Waals surface area contributed by atoms with Crippen LogP contribution in [0, 0.1) is 5.82 Å². The Labute approximate surface area is 115 Å². The highest BCUT2D eigenvalue weighted by atomic mass is 32.2. The topological polar surface area (TPSA) is 26.0 Å². The molecule has 2 aromatic rings. The zero-order valence-electron chi connectivity index (χ0n) is 10.0. The number of halogens is 1. The molecule has 2 N–H and O–H groups in total. The number of rotatable bonds is 4. The van der Waals surface area contributed by atoms with Gasteiger partial charge in [0.2, 0.25) is 0 Å². The van der Waals surface area contributed by atoms with E-state index in [0.29, 0.717) is 11.4 Å². The first-order valence-electron chi connectivity index (χ1n) is 5.54. The fraction of sp³-hybridized carbons (Fsp3) is 0.143. The highest BCUT2D eigenvalue weighted by molar-refractivity contribution is 8.00. The summed E-state index contributed by atoms with van der Waals surface area (Å²) >= 11 is 3.09. The first kappa shape index (κ1) is 13.5. The third-order valence-electron chi connectivity index (χ3n) is 2.57. The Kier molecular flexibility index (Phi) is 4.69. The summed E-state index contributed by atoms with van der Waals surface area (Å²) in [6, 6.07) is 12.8. The molecule has 2 aromatic carbocycles. The van der Waals surface area contributed by atoms with Gasteiger partial charge in [0.1, 0.15) is 5.82 Å². The van der Waals surface area contributed by atoms with Crippen LogP contribution >= 0.6 is 23.5 Å². The molecular formula is C14H14FNS2. The van der Waals surface area contributed by atoms with Crippen molar-refractivity contribution < 1.29 is 4.39 Å². The molecule has 0 heterocycles. The van der Waals surface area contributed by atoms with E-state index in [2.05, 4.69) is 0 Å². The summed E-state index contributed by atoms with van der Waals surface area (Å²) in [5.74, 6) is -0.194. The minimum Gasteiger partial charge on any atom is -0.326 e. The third kappa shape index (κ3) is 2.88. The average molecular weight is 279 g/mol. The second-order valence-corrected chi connectivity index (χ2v) is 5.61. The monoisotopic (exact) mass is 279 g/mol. The van der Waals surface area contributed by atoms with Crippen LogP contribution in [0.1, 0.15) is 5.56 Å². The van der Waals surface area contributed by atoms with E-state index in [-0.39, 0.29) is 5.82 Å². The average Bonchev–Trinajstić information content (AvgIpc) is 2.41. The van der Waals surface area contributed by atoms with Crippen LogP contribution < -0.4 is 5.73 Å². The van der Waals surface area contributed by atoms with Gasteiger partial charge in [0.25, 0.3) is 0 Å².